The Bertz CT molecular complexity index is 444. The topological polar surface area (TPSA) is 12.0 Å². The monoisotopic (exact) mass is 237 g/mol. The minimum atomic E-state index is -2.34. The predicted octanol–water partition coefficient (Wildman–Crippen LogP) is 3.26. The van der Waals surface area contributed by atoms with Crippen molar-refractivity contribution in [2.75, 3.05) is 13.1 Å². The molecule has 0 saturated carbocycles. The fourth-order valence-electron chi connectivity index (χ4n) is 3.47. The number of nitrogens with one attached hydrogen (secondary N) is 1. The molecule has 17 heavy (non-hydrogen) atoms. The Kier molecular flexibility index (Phi) is 2.47. The van der Waals surface area contributed by atoms with E-state index in [1.165, 1.54) is 0 Å². The predicted molar refractivity (Wildman–Crippen MR) is 63.4 cm³/mol. The lowest BCUT2D eigenvalue weighted by atomic mass is 9.66. The quantitative estimate of drug-likeness (QED) is 0.790. The summed E-state index contributed by atoms with van der Waals surface area (Å²) in [4.78, 5) is 0. The van der Waals surface area contributed by atoms with Crippen LogP contribution in [0.15, 0.2) is 18.2 Å². The van der Waals surface area contributed by atoms with Crippen molar-refractivity contribution in [3.63, 3.8) is 0 Å². The first kappa shape index (κ1) is 11.1. The van der Waals surface area contributed by atoms with Crippen molar-refractivity contribution in [2.24, 2.45) is 5.41 Å². The van der Waals surface area contributed by atoms with Gasteiger partial charge in [0.25, 0.3) is 6.43 Å². The van der Waals surface area contributed by atoms with Crippen LogP contribution in [0, 0.1) is 5.41 Å². The summed E-state index contributed by atoms with van der Waals surface area (Å²) >= 11 is 0. The molecule has 1 aliphatic heterocycles. The van der Waals surface area contributed by atoms with Crippen molar-refractivity contribution < 1.29 is 8.78 Å². The molecule has 2 aliphatic rings. The zero-order valence-electron chi connectivity index (χ0n) is 9.97. The highest BCUT2D eigenvalue weighted by atomic mass is 19.3. The Hall–Kier alpha value is -0.960. The van der Waals surface area contributed by atoms with Crippen LogP contribution in [0.2, 0.25) is 0 Å². The molecule has 3 heteroatoms. The van der Waals surface area contributed by atoms with Crippen LogP contribution in [0.3, 0.4) is 0 Å². The molecule has 1 N–H and O–H groups in total. The lowest BCUT2D eigenvalue weighted by Crippen LogP contribution is -2.30. The average molecular weight is 237 g/mol. The molecule has 3 rings (SSSR count). The normalized spacial score (nSPS) is 31.4. The van der Waals surface area contributed by atoms with Gasteiger partial charge < -0.3 is 5.32 Å². The van der Waals surface area contributed by atoms with E-state index in [0.29, 0.717) is 5.92 Å². The van der Waals surface area contributed by atoms with Crippen LogP contribution in [-0.2, 0) is 6.42 Å². The van der Waals surface area contributed by atoms with Gasteiger partial charge in [0.2, 0.25) is 0 Å². The zero-order chi connectivity index (χ0) is 12.0. The molecule has 1 fully saturated rings. The van der Waals surface area contributed by atoms with Gasteiger partial charge in [-0.15, -0.1) is 0 Å². The van der Waals surface area contributed by atoms with Gasteiger partial charge in [0.1, 0.15) is 0 Å². The van der Waals surface area contributed by atoms with Gasteiger partial charge in [-0.25, -0.2) is 8.78 Å². The van der Waals surface area contributed by atoms with Crippen LogP contribution in [-0.4, -0.2) is 13.1 Å². The first-order valence-electron chi connectivity index (χ1n) is 6.22. The first-order chi connectivity index (χ1) is 8.12. The zero-order valence-corrected chi connectivity index (χ0v) is 9.97. The summed E-state index contributed by atoms with van der Waals surface area (Å²) in [7, 11) is 0. The molecule has 1 saturated heterocycles. The number of alkyl halides is 2. The maximum absolute atomic E-state index is 13.0. The Morgan fingerprint density at radius 1 is 1.41 bits per heavy atom. The van der Waals surface area contributed by atoms with Gasteiger partial charge in [-0.3, -0.25) is 0 Å². The fourth-order valence-corrected chi connectivity index (χ4v) is 3.47. The number of halogens is 2. The molecular weight excluding hydrogens is 220 g/mol. The van der Waals surface area contributed by atoms with Gasteiger partial charge in [0.05, 0.1) is 0 Å². The highest BCUT2D eigenvalue weighted by Gasteiger charge is 2.43. The second kappa shape index (κ2) is 3.77. The summed E-state index contributed by atoms with van der Waals surface area (Å²) in [6.07, 6.45) is -0.532. The highest BCUT2D eigenvalue weighted by molar-refractivity contribution is 5.42. The Balaban J connectivity index is 2.10. The van der Waals surface area contributed by atoms with E-state index in [4.69, 9.17) is 0 Å². The fraction of sp³-hybridized carbons (Fsp3) is 0.571. The molecular formula is C14H17F2N. The molecule has 92 valence electrons. The van der Waals surface area contributed by atoms with E-state index >= 15 is 0 Å². The third-order valence-electron chi connectivity index (χ3n) is 4.52. The summed E-state index contributed by atoms with van der Waals surface area (Å²) in [6, 6.07) is 5.40. The molecule has 0 amide bonds. The number of rotatable bonds is 1. The van der Waals surface area contributed by atoms with Crippen LogP contribution >= 0.6 is 0 Å². The summed E-state index contributed by atoms with van der Waals surface area (Å²) in [5.41, 5.74) is 2.57. The summed E-state index contributed by atoms with van der Waals surface area (Å²) in [5, 5.41) is 3.41. The summed E-state index contributed by atoms with van der Waals surface area (Å²) < 4.78 is 26.0. The van der Waals surface area contributed by atoms with Crippen molar-refractivity contribution in [2.45, 2.75) is 32.1 Å². The molecule has 1 aromatic rings. The smallest absolute Gasteiger partial charge is 0.264 e. The van der Waals surface area contributed by atoms with Crippen molar-refractivity contribution in [1.29, 1.82) is 0 Å². The van der Waals surface area contributed by atoms with E-state index in [0.717, 1.165) is 37.1 Å². The summed E-state index contributed by atoms with van der Waals surface area (Å²) in [5.74, 6) is 0.407. The van der Waals surface area contributed by atoms with Gasteiger partial charge in [-0.2, -0.15) is 0 Å². The number of benzene rings is 1. The molecule has 0 unspecified atom stereocenters. The van der Waals surface area contributed by atoms with E-state index in [-0.39, 0.29) is 11.0 Å². The van der Waals surface area contributed by atoms with E-state index < -0.39 is 6.43 Å². The first-order valence-corrected chi connectivity index (χ1v) is 6.22. The maximum Gasteiger partial charge on any atom is 0.264 e. The standard InChI is InChI=1S/C14H17F2N/c1-14-6-5-9-10(12(14)7-17-8-14)3-2-4-11(9)13(15)16/h2-4,12-13,17H,5-8H2,1H3/t12-,14-/m1/s1. The van der Waals surface area contributed by atoms with Crippen molar-refractivity contribution in [3.8, 4) is 0 Å². The average Bonchev–Trinajstić information content (AvgIpc) is 2.70. The number of hydrogen-bond acceptors (Lipinski definition) is 1. The molecule has 1 aliphatic carbocycles. The molecule has 0 radical (unpaired) electrons. The minimum absolute atomic E-state index is 0.247. The van der Waals surface area contributed by atoms with Crippen LogP contribution in [0.5, 0.6) is 0 Å². The third kappa shape index (κ3) is 1.60. The number of hydrogen-bond donors (Lipinski definition) is 1. The Labute approximate surface area is 100 Å². The molecule has 0 aromatic heterocycles. The molecule has 2 atom stereocenters. The Morgan fingerprint density at radius 3 is 3.00 bits per heavy atom. The van der Waals surface area contributed by atoms with E-state index in [2.05, 4.69) is 12.2 Å². The Morgan fingerprint density at radius 2 is 2.24 bits per heavy atom. The maximum atomic E-state index is 13.0. The van der Waals surface area contributed by atoms with Gasteiger partial charge in [0.15, 0.2) is 0 Å². The van der Waals surface area contributed by atoms with Crippen LogP contribution in [0.1, 0.15) is 42.4 Å². The van der Waals surface area contributed by atoms with Crippen LogP contribution < -0.4 is 5.32 Å². The van der Waals surface area contributed by atoms with Gasteiger partial charge in [0, 0.05) is 24.6 Å². The van der Waals surface area contributed by atoms with Gasteiger partial charge in [-0.05, 0) is 29.4 Å². The van der Waals surface area contributed by atoms with E-state index in [1.54, 1.807) is 12.1 Å². The third-order valence-corrected chi connectivity index (χ3v) is 4.52. The summed E-state index contributed by atoms with van der Waals surface area (Å²) in [6.45, 7) is 4.21. The van der Waals surface area contributed by atoms with Crippen LogP contribution in [0.4, 0.5) is 8.78 Å². The lowest BCUT2D eigenvalue weighted by Gasteiger charge is -2.37. The van der Waals surface area contributed by atoms with Crippen molar-refractivity contribution in [1.82, 2.24) is 5.32 Å². The van der Waals surface area contributed by atoms with Gasteiger partial charge >= 0.3 is 0 Å². The van der Waals surface area contributed by atoms with Crippen LogP contribution in [0.25, 0.3) is 0 Å². The second-order valence-corrected chi connectivity index (χ2v) is 5.55. The van der Waals surface area contributed by atoms with E-state index in [1.807, 2.05) is 6.07 Å². The lowest BCUT2D eigenvalue weighted by molar-refractivity contribution is 0.148. The van der Waals surface area contributed by atoms with Crippen molar-refractivity contribution in [3.05, 3.63) is 34.9 Å². The molecule has 1 nitrogen and oxygen atoms in total. The molecule has 1 aromatic carbocycles. The largest absolute Gasteiger partial charge is 0.316 e. The molecule has 0 spiro atoms. The van der Waals surface area contributed by atoms with Gasteiger partial charge in [-0.1, -0.05) is 25.1 Å². The molecule has 1 heterocycles. The van der Waals surface area contributed by atoms with Crippen molar-refractivity contribution >= 4 is 0 Å². The van der Waals surface area contributed by atoms with E-state index in [9.17, 15) is 8.78 Å². The SMILES string of the molecule is C[C@]12CCc3c(C(F)F)cccc3[C@H]1CNC2. The number of fused-ring (bicyclic) bond motifs is 3. The highest BCUT2D eigenvalue weighted by Crippen LogP contribution is 2.48. The minimum Gasteiger partial charge on any atom is -0.316 e. The second-order valence-electron chi connectivity index (χ2n) is 5.55. The molecule has 0 bridgehead atoms.